The zero-order chi connectivity index (χ0) is 15.9. The number of aromatic hydroxyl groups is 1. The second-order valence-corrected chi connectivity index (χ2v) is 8.87. The third-order valence-electron chi connectivity index (χ3n) is 6.64. The number of epoxide rings is 1. The summed E-state index contributed by atoms with van der Waals surface area (Å²) in [6.07, 6.45) is 4.39. The maximum absolute atomic E-state index is 10.4. The number of hydrogen-bond acceptors (Lipinski definition) is 2. The Morgan fingerprint density at radius 3 is 2.59 bits per heavy atom. The van der Waals surface area contributed by atoms with Crippen LogP contribution in [0, 0.1) is 11.3 Å². The van der Waals surface area contributed by atoms with Crippen LogP contribution >= 0.6 is 0 Å². The Labute approximate surface area is 133 Å². The van der Waals surface area contributed by atoms with E-state index < -0.39 is 0 Å². The Hall–Kier alpha value is -1.02. The van der Waals surface area contributed by atoms with Gasteiger partial charge in [0.2, 0.25) is 0 Å². The predicted molar refractivity (Wildman–Crippen MR) is 88.3 cm³/mol. The van der Waals surface area contributed by atoms with Gasteiger partial charge in [0.1, 0.15) is 11.9 Å². The van der Waals surface area contributed by atoms with Gasteiger partial charge in [-0.25, -0.2) is 0 Å². The lowest BCUT2D eigenvalue weighted by Gasteiger charge is -2.53. The molecular formula is C20H28O2. The van der Waals surface area contributed by atoms with E-state index in [1.165, 1.54) is 30.4 Å². The van der Waals surface area contributed by atoms with Crippen LogP contribution in [0.3, 0.4) is 0 Å². The first kappa shape index (κ1) is 14.6. The van der Waals surface area contributed by atoms with Gasteiger partial charge in [-0.1, -0.05) is 47.1 Å². The number of benzene rings is 1. The summed E-state index contributed by atoms with van der Waals surface area (Å²) in [5.41, 5.74) is 4.40. The van der Waals surface area contributed by atoms with Gasteiger partial charge in [-0.05, 0) is 46.8 Å². The molecule has 1 aliphatic heterocycles. The molecule has 0 aromatic heterocycles. The van der Waals surface area contributed by atoms with Gasteiger partial charge in [-0.15, -0.1) is 0 Å². The molecule has 1 aromatic carbocycles. The van der Waals surface area contributed by atoms with Crippen molar-refractivity contribution in [2.24, 2.45) is 11.3 Å². The molecule has 2 heteroatoms. The van der Waals surface area contributed by atoms with Crippen molar-refractivity contribution in [2.45, 2.75) is 77.4 Å². The van der Waals surface area contributed by atoms with Crippen LogP contribution in [-0.4, -0.2) is 11.2 Å². The molecule has 3 aliphatic rings. The second kappa shape index (κ2) is 4.29. The summed E-state index contributed by atoms with van der Waals surface area (Å²) in [5, 5.41) is 10.4. The van der Waals surface area contributed by atoms with E-state index in [2.05, 4.69) is 40.7 Å². The third-order valence-corrected chi connectivity index (χ3v) is 6.64. The highest BCUT2D eigenvalue weighted by Crippen LogP contribution is 2.67. The first-order valence-electron chi connectivity index (χ1n) is 8.79. The topological polar surface area (TPSA) is 32.8 Å². The van der Waals surface area contributed by atoms with Crippen molar-refractivity contribution in [3.8, 4) is 5.75 Å². The maximum Gasteiger partial charge on any atom is 0.119 e. The van der Waals surface area contributed by atoms with E-state index in [9.17, 15) is 5.11 Å². The Balaban J connectivity index is 1.95. The summed E-state index contributed by atoms with van der Waals surface area (Å²) in [5.74, 6) is 1.37. The average Bonchev–Trinajstić information content (AvgIpc) is 3.16. The fraction of sp³-hybridized carbons (Fsp3) is 0.700. The van der Waals surface area contributed by atoms with E-state index in [0.29, 0.717) is 29.1 Å². The summed E-state index contributed by atoms with van der Waals surface area (Å²) < 4.78 is 6.21. The fourth-order valence-corrected chi connectivity index (χ4v) is 5.84. The zero-order valence-electron chi connectivity index (χ0n) is 14.4. The van der Waals surface area contributed by atoms with Crippen LogP contribution in [0.25, 0.3) is 0 Å². The molecule has 0 unspecified atom stereocenters. The van der Waals surface area contributed by atoms with E-state index in [0.717, 1.165) is 5.56 Å². The van der Waals surface area contributed by atoms with E-state index in [1.54, 1.807) is 0 Å². The minimum absolute atomic E-state index is 0.187. The Bertz CT molecular complexity index is 631. The lowest BCUT2D eigenvalue weighted by Crippen LogP contribution is -2.50. The fourth-order valence-electron chi connectivity index (χ4n) is 5.84. The molecule has 1 saturated heterocycles. The molecule has 22 heavy (non-hydrogen) atoms. The molecule has 0 radical (unpaired) electrons. The summed E-state index contributed by atoms with van der Waals surface area (Å²) in [7, 11) is 0. The monoisotopic (exact) mass is 300 g/mol. The number of hydrogen-bond donors (Lipinski definition) is 1. The van der Waals surface area contributed by atoms with Crippen LogP contribution < -0.4 is 0 Å². The normalized spacial score (nSPS) is 38.2. The molecule has 0 amide bonds. The SMILES string of the molecule is CC(C)c1c(O)ccc2c1[C@@H]1O[C@@H]1[C@H]1C(C)(C)CCC[C@]21C. The second-order valence-electron chi connectivity index (χ2n) is 8.87. The van der Waals surface area contributed by atoms with Crippen molar-refractivity contribution in [1.82, 2.24) is 0 Å². The largest absolute Gasteiger partial charge is 0.508 e. The molecule has 0 bridgehead atoms. The predicted octanol–water partition coefficient (Wildman–Crippen LogP) is 5.05. The van der Waals surface area contributed by atoms with Gasteiger partial charge in [-0.3, -0.25) is 0 Å². The summed E-state index contributed by atoms with van der Waals surface area (Å²) in [6, 6.07) is 4.10. The first-order chi connectivity index (χ1) is 10.3. The van der Waals surface area contributed by atoms with Crippen LogP contribution in [0.15, 0.2) is 12.1 Å². The maximum atomic E-state index is 10.4. The number of phenolic OH excluding ortho intramolecular Hbond substituents is 1. The van der Waals surface area contributed by atoms with Gasteiger partial charge < -0.3 is 9.84 Å². The third kappa shape index (κ3) is 1.71. The lowest BCUT2D eigenvalue weighted by molar-refractivity contribution is 0.0310. The molecule has 4 atom stereocenters. The highest BCUT2D eigenvalue weighted by Gasteiger charge is 2.64. The van der Waals surface area contributed by atoms with Crippen molar-refractivity contribution in [3.63, 3.8) is 0 Å². The highest BCUT2D eigenvalue weighted by atomic mass is 16.6. The minimum Gasteiger partial charge on any atom is -0.508 e. The Morgan fingerprint density at radius 1 is 1.18 bits per heavy atom. The quantitative estimate of drug-likeness (QED) is 0.736. The number of rotatable bonds is 1. The molecule has 2 aliphatic carbocycles. The molecule has 4 rings (SSSR count). The van der Waals surface area contributed by atoms with Gasteiger partial charge in [-0.2, -0.15) is 0 Å². The van der Waals surface area contributed by atoms with Gasteiger partial charge >= 0.3 is 0 Å². The van der Waals surface area contributed by atoms with Crippen molar-refractivity contribution >= 4 is 0 Å². The van der Waals surface area contributed by atoms with Crippen LogP contribution in [0.2, 0.25) is 0 Å². The smallest absolute Gasteiger partial charge is 0.119 e. The molecule has 120 valence electrons. The summed E-state index contributed by atoms with van der Waals surface area (Å²) >= 11 is 0. The summed E-state index contributed by atoms with van der Waals surface area (Å²) in [4.78, 5) is 0. The molecule has 2 nitrogen and oxygen atoms in total. The number of fused-ring (bicyclic) bond motifs is 6. The Morgan fingerprint density at radius 2 is 1.91 bits per heavy atom. The molecule has 0 spiro atoms. The van der Waals surface area contributed by atoms with Crippen molar-refractivity contribution < 1.29 is 9.84 Å². The zero-order valence-corrected chi connectivity index (χ0v) is 14.4. The molecule has 1 aromatic rings. The van der Waals surface area contributed by atoms with Crippen LogP contribution in [0.1, 0.15) is 82.6 Å². The van der Waals surface area contributed by atoms with E-state index >= 15 is 0 Å². The van der Waals surface area contributed by atoms with E-state index in [4.69, 9.17) is 4.74 Å². The van der Waals surface area contributed by atoms with E-state index in [-0.39, 0.29) is 11.5 Å². The molecule has 1 heterocycles. The van der Waals surface area contributed by atoms with Crippen molar-refractivity contribution in [2.75, 3.05) is 0 Å². The number of ether oxygens (including phenoxy) is 1. The lowest BCUT2D eigenvalue weighted by atomic mass is 9.50. The molecule has 1 saturated carbocycles. The highest BCUT2D eigenvalue weighted by molar-refractivity contribution is 5.54. The standard InChI is InChI=1S/C20H28O2/c1-11(2)14-13(21)8-7-12-15(14)16-17(22-16)18-19(3,4)9-6-10-20(12,18)5/h7-8,11,16-18,21H,6,9-10H2,1-5H3/t16-,17-,18-,20+/m0/s1. The molecule has 1 N–H and O–H groups in total. The molecular weight excluding hydrogens is 272 g/mol. The van der Waals surface area contributed by atoms with Gasteiger partial charge in [0, 0.05) is 11.5 Å². The van der Waals surface area contributed by atoms with Gasteiger partial charge in [0.15, 0.2) is 0 Å². The van der Waals surface area contributed by atoms with Crippen molar-refractivity contribution in [3.05, 3.63) is 28.8 Å². The van der Waals surface area contributed by atoms with E-state index in [1.807, 2.05) is 6.07 Å². The van der Waals surface area contributed by atoms with Crippen LogP contribution in [-0.2, 0) is 10.2 Å². The number of phenols is 1. The first-order valence-corrected chi connectivity index (χ1v) is 8.79. The van der Waals surface area contributed by atoms with Gasteiger partial charge in [0.05, 0.1) is 6.10 Å². The van der Waals surface area contributed by atoms with Crippen LogP contribution in [0.4, 0.5) is 0 Å². The van der Waals surface area contributed by atoms with Crippen molar-refractivity contribution in [1.29, 1.82) is 0 Å². The average molecular weight is 300 g/mol. The Kier molecular flexibility index (Phi) is 2.84. The molecule has 2 fully saturated rings. The summed E-state index contributed by atoms with van der Waals surface area (Å²) in [6.45, 7) is 11.6. The van der Waals surface area contributed by atoms with Gasteiger partial charge in [0.25, 0.3) is 0 Å². The van der Waals surface area contributed by atoms with Crippen LogP contribution in [0.5, 0.6) is 5.75 Å². The minimum atomic E-state index is 0.187.